The number of carbonyl (C=O) groups excluding carboxylic acids is 1. The molecule has 0 bridgehead atoms. The minimum atomic E-state index is -0.0970. The lowest BCUT2D eigenvalue weighted by Gasteiger charge is -2.34. The summed E-state index contributed by atoms with van der Waals surface area (Å²) in [5, 5.41) is 14.0. The molecule has 176 valence electrons. The highest BCUT2D eigenvalue weighted by Gasteiger charge is 2.26. The molecule has 3 N–H and O–H groups in total. The van der Waals surface area contributed by atoms with Crippen molar-refractivity contribution in [2.24, 2.45) is 0 Å². The molecule has 3 aliphatic heterocycles. The zero-order valence-corrected chi connectivity index (χ0v) is 19.2. The number of piperidine rings is 1. The van der Waals surface area contributed by atoms with Crippen molar-refractivity contribution in [2.75, 3.05) is 82.8 Å². The van der Waals surface area contributed by atoms with Gasteiger partial charge in [-0.1, -0.05) is 0 Å². The van der Waals surface area contributed by atoms with E-state index < -0.39 is 0 Å². The van der Waals surface area contributed by atoms with Crippen LogP contribution in [0.1, 0.15) is 41.6 Å². The number of rotatable bonds is 8. The van der Waals surface area contributed by atoms with Gasteiger partial charge in [0.2, 0.25) is 0 Å². The molecule has 9 heteroatoms. The summed E-state index contributed by atoms with van der Waals surface area (Å²) < 4.78 is 5.48. The molecule has 0 aromatic carbocycles. The highest BCUT2D eigenvalue weighted by Crippen LogP contribution is 2.25. The quantitative estimate of drug-likeness (QED) is 0.520. The molecule has 0 radical (unpaired) electrons. The summed E-state index contributed by atoms with van der Waals surface area (Å²) in [6, 6.07) is 1.97. The molecule has 0 atom stereocenters. The van der Waals surface area contributed by atoms with E-state index >= 15 is 0 Å². The van der Waals surface area contributed by atoms with Crippen LogP contribution in [0.3, 0.4) is 0 Å². The first kappa shape index (κ1) is 22.9. The predicted molar refractivity (Wildman–Crippen MR) is 127 cm³/mol. The molecule has 32 heavy (non-hydrogen) atoms. The summed E-state index contributed by atoms with van der Waals surface area (Å²) in [5.74, 6) is 1.19. The summed E-state index contributed by atoms with van der Waals surface area (Å²) in [5.41, 5.74) is 1.16. The molecule has 3 aliphatic rings. The molecule has 0 unspecified atom stereocenters. The third-order valence-electron chi connectivity index (χ3n) is 6.83. The number of amides is 1. The molecule has 4 heterocycles. The smallest absolute Gasteiger partial charge is 0.255 e. The van der Waals surface area contributed by atoms with Crippen LogP contribution in [0.2, 0.25) is 0 Å². The van der Waals surface area contributed by atoms with Crippen molar-refractivity contribution >= 4 is 23.8 Å². The number of aromatic nitrogens is 1. The summed E-state index contributed by atoms with van der Waals surface area (Å²) in [6.07, 6.45) is 5.86. The molecule has 1 aromatic heterocycles. The maximum atomic E-state index is 13.3. The number of hydrogen-bond donors (Lipinski definition) is 3. The fraction of sp³-hybridized carbons (Fsp3) is 0.696. The van der Waals surface area contributed by atoms with Gasteiger partial charge in [0.25, 0.3) is 5.91 Å². The number of nitrogens with one attached hydrogen (secondary N) is 3. The van der Waals surface area contributed by atoms with E-state index in [0.29, 0.717) is 49.1 Å². The second-order valence-corrected chi connectivity index (χ2v) is 8.93. The standard InChI is InChI=1S/C23H37N7O2/c1-25-21-18(17-24)16-20(22(27-21)30-12-14-32-15-13-30)23(31)26-19-4-8-29(9-5-19)11-10-28-6-2-3-7-28/h16-17,19,24H,2-15H2,1H3,(H,25,27)(H,26,31). The van der Waals surface area contributed by atoms with Crippen LogP contribution >= 0.6 is 0 Å². The summed E-state index contributed by atoms with van der Waals surface area (Å²) >= 11 is 0. The van der Waals surface area contributed by atoms with Gasteiger partial charge in [-0.05, 0) is 44.8 Å². The minimum absolute atomic E-state index is 0.0970. The van der Waals surface area contributed by atoms with E-state index in [2.05, 4.69) is 25.3 Å². The van der Waals surface area contributed by atoms with Crippen LogP contribution in [0.4, 0.5) is 11.6 Å². The molecule has 0 saturated carbocycles. The Hall–Kier alpha value is -2.23. The Bertz CT molecular complexity index is 783. The fourth-order valence-electron chi connectivity index (χ4n) is 4.87. The van der Waals surface area contributed by atoms with Crippen molar-refractivity contribution in [3.8, 4) is 0 Å². The first-order valence-corrected chi connectivity index (χ1v) is 12.0. The molecule has 3 fully saturated rings. The van der Waals surface area contributed by atoms with E-state index in [1.165, 1.54) is 32.1 Å². The lowest BCUT2D eigenvalue weighted by Crippen LogP contribution is -2.46. The van der Waals surface area contributed by atoms with E-state index in [4.69, 9.17) is 15.1 Å². The van der Waals surface area contributed by atoms with Crippen LogP contribution < -0.4 is 15.5 Å². The highest BCUT2D eigenvalue weighted by molar-refractivity contribution is 6.02. The molecule has 0 spiro atoms. The summed E-state index contributed by atoms with van der Waals surface area (Å²) in [7, 11) is 1.79. The van der Waals surface area contributed by atoms with Crippen LogP contribution in [-0.2, 0) is 4.74 Å². The van der Waals surface area contributed by atoms with Gasteiger partial charge in [0, 0.05) is 64.1 Å². The van der Waals surface area contributed by atoms with Crippen LogP contribution in [0.5, 0.6) is 0 Å². The van der Waals surface area contributed by atoms with Gasteiger partial charge >= 0.3 is 0 Å². The fourth-order valence-corrected chi connectivity index (χ4v) is 4.87. The lowest BCUT2D eigenvalue weighted by molar-refractivity contribution is 0.0906. The summed E-state index contributed by atoms with van der Waals surface area (Å²) in [6.45, 7) is 9.49. The third kappa shape index (κ3) is 5.57. The van der Waals surface area contributed by atoms with Gasteiger partial charge in [0.1, 0.15) is 11.6 Å². The zero-order chi connectivity index (χ0) is 22.3. The van der Waals surface area contributed by atoms with E-state index in [-0.39, 0.29) is 11.9 Å². The van der Waals surface area contributed by atoms with Crippen molar-refractivity contribution < 1.29 is 9.53 Å². The van der Waals surface area contributed by atoms with Crippen molar-refractivity contribution in [1.82, 2.24) is 20.1 Å². The van der Waals surface area contributed by atoms with Gasteiger partial charge in [-0.25, -0.2) is 4.98 Å². The van der Waals surface area contributed by atoms with Crippen molar-refractivity contribution in [1.29, 1.82) is 5.41 Å². The molecular formula is C23H37N7O2. The molecule has 1 aromatic rings. The first-order chi connectivity index (χ1) is 15.7. The normalized spacial score (nSPS) is 21.0. The van der Waals surface area contributed by atoms with E-state index in [9.17, 15) is 4.79 Å². The van der Waals surface area contributed by atoms with Gasteiger partial charge in [-0.2, -0.15) is 0 Å². The van der Waals surface area contributed by atoms with E-state index in [0.717, 1.165) is 39.0 Å². The monoisotopic (exact) mass is 443 g/mol. The van der Waals surface area contributed by atoms with Crippen molar-refractivity contribution in [3.05, 3.63) is 17.2 Å². The Labute approximate surface area is 191 Å². The molecular weight excluding hydrogens is 406 g/mol. The Balaban J connectivity index is 1.38. The maximum Gasteiger partial charge on any atom is 0.255 e. The van der Waals surface area contributed by atoms with Crippen LogP contribution in [-0.4, -0.2) is 106 Å². The first-order valence-electron chi connectivity index (χ1n) is 12.0. The number of anilines is 2. The molecule has 3 saturated heterocycles. The van der Waals surface area contributed by atoms with Gasteiger partial charge in [-0.15, -0.1) is 0 Å². The Morgan fingerprint density at radius 3 is 2.41 bits per heavy atom. The van der Waals surface area contributed by atoms with Crippen LogP contribution in [0, 0.1) is 5.41 Å². The predicted octanol–water partition coefficient (Wildman–Crippen LogP) is 1.25. The van der Waals surface area contributed by atoms with E-state index in [1.807, 2.05) is 0 Å². The van der Waals surface area contributed by atoms with Crippen LogP contribution in [0.25, 0.3) is 0 Å². The third-order valence-corrected chi connectivity index (χ3v) is 6.83. The minimum Gasteiger partial charge on any atom is -0.378 e. The van der Waals surface area contributed by atoms with Crippen molar-refractivity contribution in [2.45, 2.75) is 31.7 Å². The number of pyridine rings is 1. The Kier molecular flexibility index (Phi) is 7.94. The Morgan fingerprint density at radius 1 is 1.12 bits per heavy atom. The van der Waals surface area contributed by atoms with Crippen LogP contribution in [0.15, 0.2) is 6.07 Å². The Morgan fingerprint density at radius 2 is 1.78 bits per heavy atom. The number of likely N-dealkylation sites (tertiary alicyclic amines) is 2. The zero-order valence-electron chi connectivity index (χ0n) is 19.2. The number of hydrogen-bond acceptors (Lipinski definition) is 8. The highest BCUT2D eigenvalue weighted by atomic mass is 16.5. The average molecular weight is 444 g/mol. The van der Waals surface area contributed by atoms with Gasteiger partial charge in [-0.3, -0.25) is 4.79 Å². The number of ether oxygens (including phenoxy) is 1. The molecule has 9 nitrogen and oxygen atoms in total. The van der Waals surface area contributed by atoms with Gasteiger partial charge in [0.05, 0.1) is 18.8 Å². The van der Waals surface area contributed by atoms with E-state index in [1.54, 1.807) is 13.1 Å². The summed E-state index contributed by atoms with van der Waals surface area (Å²) in [4.78, 5) is 25.2. The van der Waals surface area contributed by atoms with Gasteiger partial charge in [0.15, 0.2) is 0 Å². The number of morpholine rings is 1. The topological polar surface area (TPSA) is 96.8 Å². The number of carbonyl (C=O) groups is 1. The average Bonchev–Trinajstić information content (AvgIpc) is 3.37. The largest absolute Gasteiger partial charge is 0.378 e. The molecule has 0 aliphatic carbocycles. The van der Waals surface area contributed by atoms with Crippen molar-refractivity contribution in [3.63, 3.8) is 0 Å². The van der Waals surface area contributed by atoms with Gasteiger partial charge < -0.3 is 35.5 Å². The number of nitrogens with zero attached hydrogens (tertiary/aromatic N) is 4. The SMILES string of the molecule is CNc1nc(N2CCOCC2)c(C(=O)NC2CCN(CCN3CCCC3)CC2)cc1C=N. The second kappa shape index (κ2) is 11.1. The molecule has 4 rings (SSSR count). The lowest BCUT2D eigenvalue weighted by atomic mass is 10.0. The maximum absolute atomic E-state index is 13.3. The molecule has 1 amide bonds. The second-order valence-electron chi connectivity index (χ2n) is 8.93.